The maximum atomic E-state index is 6.30. The minimum absolute atomic E-state index is 0.618. The first-order chi connectivity index (χ1) is 10.2. The summed E-state index contributed by atoms with van der Waals surface area (Å²) in [6.07, 6.45) is 9.41. The first-order valence-electron chi connectivity index (χ1n) is 8.29. The van der Waals surface area contributed by atoms with Crippen LogP contribution in [0.3, 0.4) is 0 Å². The molecule has 1 aliphatic carbocycles. The molecule has 2 unspecified atom stereocenters. The fraction of sp³-hybridized carbons (Fsp3) is 0.667. The highest BCUT2D eigenvalue weighted by Crippen LogP contribution is 2.29. The number of halogens is 1. The summed E-state index contributed by atoms with van der Waals surface area (Å²) in [6.45, 7) is 3.09. The summed E-state index contributed by atoms with van der Waals surface area (Å²) in [5.74, 6) is 1.82. The van der Waals surface area contributed by atoms with Crippen molar-refractivity contribution in [1.82, 2.24) is 5.32 Å². The molecule has 118 valence electrons. The first-order valence-corrected chi connectivity index (χ1v) is 8.67. The van der Waals surface area contributed by atoms with Gasteiger partial charge in [-0.3, -0.25) is 0 Å². The minimum Gasteiger partial charge on any atom is -0.496 e. The summed E-state index contributed by atoms with van der Waals surface area (Å²) in [7, 11) is 1.70. The molecule has 0 radical (unpaired) electrons. The van der Waals surface area contributed by atoms with Crippen LogP contribution < -0.4 is 10.1 Å². The summed E-state index contributed by atoms with van der Waals surface area (Å²) < 4.78 is 5.42. The van der Waals surface area contributed by atoms with Gasteiger partial charge in [-0.15, -0.1) is 0 Å². The number of ether oxygens (including phenoxy) is 1. The van der Waals surface area contributed by atoms with E-state index in [1.54, 1.807) is 7.11 Å². The average Bonchev–Trinajstić information content (AvgIpc) is 2.71. The van der Waals surface area contributed by atoms with Gasteiger partial charge in [0.15, 0.2) is 0 Å². The van der Waals surface area contributed by atoms with E-state index in [2.05, 4.69) is 12.2 Å². The molecule has 0 aromatic heterocycles. The van der Waals surface area contributed by atoms with Crippen molar-refractivity contribution in [3.63, 3.8) is 0 Å². The quantitative estimate of drug-likeness (QED) is 0.730. The molecule has 0 aliphatic heterocycles. The molecule has 1 N–H and O–H groups in total. The van der Waals surface area contributed by atoms with Gasteiger partial charge >= 0.3 is 0 Å². The number of nitrogens with one attached hydrogen (secondary N) is 1. The average molecular weight is 310 g/mol. The highest BCUT2D eigenvalue weighted by molar-refractivity contribution is 6.31. The highest BCUT2D eigenvalue weighted by Gasteiger charge is 2.18. The molecule has 1 saturated carbocycles. The molecule has 2 atom stereocenters. The molecule has 0 spiro atoms. The predicted molar refractivity (Wildman–Crippen MR) is 90.1 cm³/mol. The van der Waals surface area contributed by atoms with E-state index in [1.807, 2.05) is 18.2 Å². The third-order valence-electron chi connectivity index (χ3n) is 4.65. The summed E-state index contributed by atoms with van der Waals surface area (Å²) in [5, 5.41) is 4.48. The Hall–Kier alpha value is -0.730. The van der Waals surface area contributed by atoms with Gasteiger partial charge in [-0.05, 0) is 37.3 Å². The van der Waals surface area contributed by atoms with Crippen LogP contribution in [0.5, 0.6) is 5.75 Å². The largest absolute Gasteiger partial charge is 0.496 e. The monoisotopic (exact) mass is 309 g/mol. The molecule has 1 aliphatic rings. The maximum absolute atomic E-state index is 6.30. The van der Waals surface area contributed by atoms with Crippen LogP contribution in [0.15, 0.2) is 18.2 Å². The van der Waals surface area contributed by atoms with Crippen LogP contribution in [0.4, 0.5) is 0 Å². The van der Waals surface area contributed by atoms with Gasteiger partial charge in [-0.2, -0.15) is 0 Å². The van der Waals surface area contributed by atoms with Crippen molar-refractivity contribution in [1.29, 1.82) is 0 Å². The van der Waals surface area contributed by atoms with E-state index in [4.69, 9.17) is 16.3 Å². The Morgan fingerprint density at radius 3 is 2.86 bits per heavy atom. The Kier molecular flexibility index (Phi) is 6.85. The number of hydrogen-bond donors (Lipinski definition) is 1. The highest BCUT2D eigenvalue weighted by atomic mass is 35.5. The zero-order chi connectivity index (χ0) is 15.1. The van der Waals surface area contributed by atoms with Gasteiger partial charge in [0.1, 0.15) is 5.75 Å². The van der Waals surface area contributed by atoms with Gasteiger partial charge in [0.05, 0.1) is 7.11 Å². The van der Waals surface area contributed by atoms with E-state index < -0.39 is 0 Å². The van der Waals surface area contributed by atoms with Crippen molar-refractivity contribution < 1.29 is 4.74 Å². The summed E-state index contributed by atoms with van der Waals surface area (Å²) in [4.78, 5) is 0. The second-order valence-corrected chi connectivity index (χ2v) is 6.57. The second-order valence-electron chi connectivity index (χ2n) is 6.16. The van der Waals surface area contributed by atoms with Gasteiger partial charge < -0.3 is 10.1 Å². The fourth-order valence-corrected chi connectivity index (χ4v) is 3.66. The summed E-state index contributed by atoms with van der Waals surface area (Å²) >= 11 is 6.30. The Balaban J connectivity index is 1.88. The number of hydrogen-bond acceptors (Lipinski definition) is 2. The van der Waals surface area contributed by atoms with Crippen LogP contribution in [0.25, 0.3) is 0 Å². The molecule has 1 fully saturated rings. The third-order valence-corrected chi connectivity index (χ3v) is 5.00. The number of methoxy groups -OCH3 is 1. The Morgan fingerprint density at radius 1 is 1.24 bits per heavy atom. The van der Waals surface area contributed by atoms with E-state index in [0.717, 1.165) is 28.8 Å². The lowest BCUT2D eigenvalue weighted by Gasteiger charge is -2.18. The molecule has 3 heteroatoms. The smallest absolute Gasteiger partial charge is 0.124 e. The van der Waals surface area contributed by atoms with Gasteiger partial charge in [-0.25, -0.2) is 0 Å². The van der Waals surface area contributed by atoms with Gasteiger partial charge in [-0.1, -0.05) is 50.3 Å². The zero-order valence-electron chi connectivity index (χ0n) is 13.3. The van der Waals surface area contributed by atoms with E-state index in [-0.39, 0.29) is 0 Å². The maximum Gasteiger partial charge on any atom is 0.124 e. The van der Waals surface area contributed by atoms with Crippen LogP contribution >= 0.6 is 11.6 Å². The van der Waals surface area contributed by atoms with Crippen molar-refractivity contribution in [2.45, 2.75) is 64.5 Å². The normalized spacial score (nSPS) is 22.8. The molecule has 0 heterocycles. The molecule has 1 aromatic rings. The fourth-order valence-electron chi connectivity index (χ4n) is 3.43. The van der Waals surface area contributed by atoms with Gasteiger partial charge in [0.2, 0.25) is 0 Å². The lowest BCUT2D eigenvalue weighted by Crippen LogP contribution is -2.28. The summed E-state index contributed by atoms with van der Waals surface area (Å²) in [6, 6.07) is 6.47. The summed E-state index contributed by atoms with van der Waals surface area (Å²) in [5.41, 5.74) is 1.08. The van der Waals surface area contributed by atoms with Crippen molar-refractivity contribution in [3.8, 4) is 5.75 Å². The van der Waals surface area contributed by atoms with E-state index in [1.165, 1.54) is 44.9 Å². The SMILES string of the molecule is CCCC1CCCC(NCc2c(Cl)cccc2OC)CC1. The zero-order valence-corrected chi connectivity index (χ0v) is 14.1. The Labute approximate surface area is 134 Å². The van der Waals surface area contributed by atoms with E-state index in [0.29, 0.717) is 6.04 Å². The molecular formula is C18H28ClNO. The van der Waals surface area contributed by atoms with Crippen LogP contribution in [0.2, 0.25) is 5.02 Å². The van der Waals surface area contributed by atoms with Crippen molar-refractivity contribution in [2.75, 3.05) is 7.11 Å². The Morgan fingerprint density at radius 2 is 2.10 bits per heavy atom. The topological polar surface area (TPSA) is 21.3 Å². The molecular weight excluding hydrogens is 282 g/mol. The molecule has 0 saturated heterocycles. The molecule has 2 nitrogen and oxygen atoms in total. The second kappa shape index (κ2) is 8.65. The Bertz CT molecular complexity index is 435. The molecule has 21 heavy (non-hydrogen) atoms. The standard InChI is InChI=1S/C18H28ClNO/c1-3-6-14-7-4-8-15(12-11-14)20-13-16-17(19)9-5-10-18(16)21-2/h5,9-10,14-15,20H,3-4,6-8,11-13H2,1-2H3. The van der Waals surface area contributed by atoms with Crippen molar-refractivity contribution >= 4 is 11.6 Å². The van der Waals surface area contributed by atoms with E-state index in [9.17, 15) is 0 Å². The molecule has 0 amide bonds. The lowest BCUT2D eigenvalue weighted by atomic mass is 9.95. The van der Waals surface area contributed by atoms with Gasteiger partial charge in [0, 0.05) is 23.2 Å². The molecule has 2 rings (SSSR count). The van der Waals surface area contributed by atoms with E-state index >= 15 is 0 Å². The molecule has 0 bridgehead atoms. The third kappa shape index (κ3) is 4.89. The predicted octanol–water partition coefficient (Wildman–Crippen LogP) is 5.19. The number of benzene rings is 1. The first kappa shape index (κ1) is 16.6. The van der Waals surface area contributed by atoms with Crippen LogP contribution in [0, 0.1) is 5.92 Å². The van der Waals surface area contributed by atoms with Crippen LogP contribution in [0.1, 0.15) is 57.4 Å². The van der Waals surface area contributed by atoms with Crippen LogP contribution in [-0.2, 0) is 6.54 Å². The van der Waals surface area contributed by atoms with Crippen molar-refractivity contribution in [2.24, 2.45) is 5.92 Å². The minimum atomic E-state index is 0.618. The van der Waals surface area contributed by atoms with Crippen molar-refractivity contribution in [3.05, 3.63) is 28.8 Å². The molecule has 1 aromatic carbocycles. The van der Waals surface area contributed by atoms with Crippen LogP contribution in [-0.4, -0.2) is 13.2 Å². The van der Waals surface area contributed by atoms with Gasteiger partial charge in [0.25, 0.3) is 0 Å². The lowest BCUT2D eigenvalue weighted by molar-refractivity contribution is 0.396. The number of rotatable bonds is 6.